The molecule has 1 aliphatic heterocycles. The standard InChI is InChI=1S/C12H13BrFN3O2/c1-16(10-3-2-8(13)6-9(10)14)7-11(18)17-5-4-15-12(17)19/h2-3,6H,4-5,7H2,1H3,(H,15,19). The number of nitrogens with one attached hydrogen (secondary N) is 1. The molecule has 0 aliphatic carbocycles. The Hall–Kier alpha value is -1.63. The lowest BCUT2D eigenvalue weighted by Gasteiger charge is -2.21. The van der Waals surface area contributed by atoms with Gasteiger partial charge in [-0.25, -0.2) is 9.18 Å². The Labute approximate surface area is 118 Å². The molecule has 1 fully saturated rings. The molecule has 5 nitrogen and oxygen atoms in total. The molecular weight excluding hydrogens is 317 g/mol. The van der Waals surface area contributed by atoms with Crippen molar-refractivity contribution < 1.29 is 14.0 Å². The Morgan fingerprint density at radius 1 is 1.58 bits per heavy atom. The zero-order chi connectivity index (χ0) is 14.0. The molecule has 0 radical (unpaired) electrons. The zero-order valence-corrected chi connectivity index (χ0v) is 11.9. The lowest BCUT2D eigenvalue weighted by atomic mass is 10.3. The Morgan fingerprint density at radius 2 is 2.32 bits per heavy atom. The fraction of sp³-hybridized carbons (Fsp3) is 0.333. The summed E-state index contributed by atoms with van der Waals surface area (Å²) < 4.78 is 14.4. The molecule has 7 heteroatoms. The molecule has 1 aromatic carbocycles. The summed E-state index contributed by atoms with van der Waals surface area (Å²) in [6.45, 7) is 0.765. The number of carbonyl (C=O) groups is 2. The van der Waals surface area contributed by atoms with E-state index >= 15 is 0 Å². The van der Waals surface area contributed by atoms with Crippen LogP contribution in [-0.2, 0) is 4.79 Å². The molecular formula is C12H13BrFN3O2. The van der Waals surface area contributed by atoms with E-state index < -0.39 is 11.8 Å². The third-order valence-electron chi connectivity index (χ3n) is 2.85. The third-order valence-corrected chi connectivity index (χ3v) is 3.34. The maximum absolute atomic E-state index is 13.7. The number of benzene rings is 1. The fourth-order valence-electron chi connectivity index (χ4n) is 1.87. The summed E-state index contributed by atoms with van der Waals surface area (Å²) in [5.74, 6) is -0.768. The number of anilines is 1. The van der Waals surface area contributed by atoms with Gasteiger partial charge in [0.1, 0.15) is 5.82 Å². The Morgan fingerprint density at radius 3 is 2.89 bits per heavy atom. The molecule has 0 unspecified atom stereocenters. The molecule has 0 atom stereocenters. The SMILES string of the molecule is CN(CC(=O)N1CCNC1=O)c1ccc(Br)cc1F. The number of halogens is 2. The molecule has 0 bridgehead atoms. The van der Waals surface area contributed by atoms with Crippen LogP contribution in [0.15, 0.2) is 22.7 Å². The van der Waals surface area contributed by atoms with Gasteiger partial charge in [-0.3, -0.25) is 9.69 Å². The van der Waals surface area contributed by atoms with E-state index in [1.807, 2.05) is 0 Å². The maximum Gasteiger partial charge on any atom is 0.324 e. The second-order valence-corrected chi connectivity index (χ2v) is 5.14. The first kappa shape index (κ1) is 13.8. The molecule has 1 heterocycles. The number of amides is 3. The third kappa shape index (κ3) is 3.04. The lowest BCUT2D eigenvalue weighted by Crippen LogP contribution is -2.41. The molecule has 0 spiro atoms. The molecule has 1 N–H and O–H groups in total. The molecule has 19 heavy (non-hydrogen) atoms. The van der Waals surface area contributed by atoms with Gasteiger partial charge >= 0.3 is 6.03 Å². The number of carbonyl (C=O) groups excluding carboxylic acids is 2. The van der Waals surface area contributed by atoms with E-state index in [9.17, 15) is 14.0 Å². The monoisotopic (exact) mass is 329 g/mol. The van der Waals surface area contributed by atoms with Gasteiger partial charge in [-0.1, -0.05) is 15.9 Å². The second kappa shape index (κ2) is 5.56. The molecule has 2 rings (SSSR count). The van der Waals surface area contributed by atoms with Crippen LogP contribution in [0.3, 0.4) is 0 Å². The van der Waals surface area contributed by atoms with Crippen LogP contribution in [0, 0.1) is 5.82 Å². The van der Waals surface area contributed by atoms with Crippen molar-refractivity contribution in [2.45, 2.75) is 0 Å². The molecule has 3 amide bonds. The largest absolute Gasteiger partial charge is 0.363 e. The summed E-state index contributed by atoms with van der Waals surface area (Å²) in [6, 6.07) is 4.21. The van der Waals surface area contributed by atoms with Gasteiger partial charge in [-0.2, -0.15) is 0 Å². The molecule has 0 aromatic heterocycles. The number of rotatable bonds is 3. The summed E-state index contributed by atoms with van der Waals surface area (Å²) in [6.07, 6.45) is 0. The summed E-state index contributed by atoms with van der Waals surface area (Å²) in [4.78, 5) is 25.9. The fourth-order valence-corrected chi connectivity index (χ4v) is 2.21. The Bertz CT molecular complexity index is 524. The van der Waals surface area contributed by atoms with Gasteiger partial charge in [0.2, 0.25) is 5.91 Å². The van der Waals surface area contributed by atoms with E-state index in [0.717, 1.165) is 4.90 Å². The van der Waals surface area contributed by atoms with E-state index in [-0.39, 0.29) is 12.5 Å². The van der Waals surface area contributed by atoms with Gasteiger partial charge in [0.05, 0.1) is 12.2 Å². The van der Waals surface area contributed by atoms with Gasteiger partial charge in [-0.15, -0.1) is 0 Å². The van der Waals surface area contributed by atoms with Crippen molar-refractivity contribution in [3.05, 3.63) is 28.5 Å². The molecule has 1 saturated heterocycles. The van der Waals surface area contributed by atoms with Crippen molar-refractivity contribution in [1.82, 2.24) is 10.2 Å². The average molecular weight is 330 g/mol. The quantitative estimate of drug-likeness (QED) is 0.915. The minimum Gasteiger partial charge on any atom is -0.363 e. The van der Waals surface area contributed by atoms with E-state index in [1.165, 1.54) is 11.0 Å². The van der Waals surface area contributed by atoms with Gasteiger partial charge < -0.3 is 10.2 Å². The summed E-state index contributed by atoms with van der Waals surface area (Å²) in [5, 5.41) is 2.55. The van der Waals surface area contributed by atoms with E-state index in [4.69, 9.17) is 0 Å². The molecule has 1 aliphatic rings. The van der Waals surface area contributed by atoms with E-state index in [2.05, 4.69) is 21.2 Å². The highest BCUT2D eigenvalue weighted by Crippen LogP contribution is 2.22. The Kier molecular flexibility index (Phi) is 4.04. The lowest BCUT2D eigenvalue weighted by molar-refractivity contribution is -0.126. The first-order valence-corrected chi connectivity index (χ1v) is 6.52. The zero-order valence-electron chi connectivity index (χ0n) is 10.3. The topological polar surface area (TPSA) is 52.7 Å². The van der Waals surface area contributed by atoms with Gasteiger partial charge in [-0.05, 0) is 18.2 Å². The molecule has 102 valence electrons. The van der Waals surface area contributed by atoms with Crippen LogP contribution in [0.1, 0.15) is 0 Å². The highest BCUT2D eigenvalue weighted by molar-refractivity contribution is 9.10. The summed E-state index contributed by atoms with van der Waals surface area (Å²) >= 11 is 3.17. The van der Waals surface area contributed by atoms with Crippen LogP contribution >= 0.6 is 15.9 Å². The number of hydrogen-bond donors (Lipinski definition) is 1. The van der Waals surface area contributed by atoms with Crippen molar-refractivity contribution in [1.29, 1.82) is 0 Å². The highest BCUT2D eigenvalue weighted by Gasteiger charge is 2.27. The number of likely N-dealkylation sites (N-methyl/N-ethyl adjacent to an activating group) is 1. The van der Waals surface area contributed by atoms with Crippen LogP contribution in [0.5, 0.6) is 0 Å². The van der Waals surface area contributed by atoms with Crippen LogP contribution in [-0.4, -0.2) is 43.5 Å². The van der Waals surface area contributed by atoms with Gasteiger partial charge in [0.25, 0.3) is 0 Å². The van der Waals surface area contributed by atoms with Crippen molar-refractivity contribution in [3.63, 3.8) is 0 Å². The van der Waals surface area contributed by atoms with Crippen LogP contribution in [0.25, 0.3) is 0 Å². The van der Waals surface area contributed by atoms with Gasteiger partial charge in [0.15, 0.2) is 0 Å². The molecule has 0 saturated carbocycles. The second-order valence-electron chi connectivity index (χ2n) is 4.23. The van der Waals surface area contributed by atoms with Crippen molar-refractivity contribution >= 4 is 33.6 Å². The average Bonchev–Trinajstić information content (AvgIpc) is 2.75. The van der Waals surface area contributed by atoms with Crippen molar-refractivity contribution in [2.24, 2.45) is 0 Å². The summed E-state index contributed by atoms with van der Waals surface area (Å²) in [7, 11) is 1.61. The van der Waals surface area contributed by atoms with Gasteiger partial charge in [0, 0.05) is 24.6 Å². The normalized spacial score (nSPS) is 14.5. The van der Waals surface area contributed by atoms with Crippen molar-refractivity contribution in [2.75, 3.05) is 31.6 Å². The minimum absolute atomic E-state index is 0.0496. The molecule has 1 aromatic rings. The van der Waals surface area contributed by atoms with Crippen LogP contribution in [0.2, 0.25) is 0 Å². The highest BCUT2D eigenvalue weighted by atomic mass is 79.9. The predicted octanol–water partition coefficient (Wildman–Crippen LogP) is 1.58. The first-order chi connectivity index (χ1) is 8.99. The van der Waals surface area contributed by atoms with Crippen LogP contribution < -0.4 is 10.2 Å². The number of nitrogens with zero attached hydrogens (tertiary/aromatic N) is 2. The van der Waals surface area contributed by atoms with Crippen LogP contribution in [0.4, 0.5) is 14.9 Å². The minimum atomic E-state index is -0.421. The number of hydrogen-bond acceptors (Lipinski definition) is 3. The summed E-state index contributed by atoms with van der Waals surface area (Å²) in [5.41, 5.74) is 0.316. The van der Waals surface area contributed by atoms with Crippen molar-refractivity contribution in [3.8, 4) is 0 Å². The Balaban J connectivity index is 2.06. The smallest absolute Gasteiger partial charge is 0.324 e. The number of urea groups is 1. The van der Waals surface area contributed by atoms with E-state index in [1.54, 1.807) is 19.2 Å². The number of imide groups is 1. The first-order valence-electron chi connectivity index (χ1n) is 5.73. The van der Waals surface area contributed by atoms with E-state index in [0.29, 0.717) is 23.2 Å². The maximum atomic E-state index is 13.7. The predicted molar refractivity (Wildman–Crippen MR) is 72.5 cm³/mol.